The van der Waals surface area contributed by atoms with Crippen LogP contribution in [0.1, 0.15) is 11.1 Å². The van der Waals surface area contributed by atoms with E-state index in [0.717, 1.165) is 0 Å². The van der Waals surface area contributed by atoms with E-state index < -0.39 is 15.8 Å². The van der Waals surface area contributed by atoms with Gasteiger partial charge in [-0.2, -0.15) is 0 Å². The fourth-order valence-electron chi connectivity index (χ4n) is 1.73. The van der Waals surface area contributed by atoms with E-state index in [9.17, 15) is 12.8 Å². The van der Waals surface area contributed by atoms with Crippen molar-refractivity contribution in [1.82, 2.24) is 4.72 Å². The van der Waals surface area contributed by atoms with E-state index >= 15 is 0 Å². The molecule has 4 nitrogen and oxygen atoms in total. The van der Waals surface area contributed by atoms with E-state index in [1.54, 1.807) is 24.3 Å². The first kappa shape index (κ1) is 15.8. The van der Waals surface area contributed by atoms with E-state index in [2.05, 4.69) is 4.72 Å². The second-order valence-corrected chi connectivity index (χ2v) is 6.78. The van der Waals surface area contributed by atoms with Crippen LogP contribution in [0.15, 0.2) is 42.5 Å². The number of benzene rings is 2. The molecule has 0 atom stereocenters. The predicted molar refractivity (Wildman–Crippen MR) is 81.7 cm³/mol. The van der Waals surface area contributed by atoms with Gasteiger partial charge >= 0.3 is 0 Å². The number of nitrogens with one attached hydrogen (secondary N) is 1. The lowest BCUT2D eigenvalue weighted by atomic mass is 10.2. The van der Waals surface area contributed by atoms with Crippen LogP contribution < -0.4 is 10.5 Å². The van der Waals surface area contributed by atoms with Crippen molar-refractivity contribution in [3.63, 3.8) is 0 Å². The number of anilines is 1. The summed E-state index contributed by atoms with van der Waals surface area (Å²) in [5.74, 6) is -0.687. The zero-order chi connectivity index (χ0) is 15.5. The highest BCUT2D eigenvalue weighted by Crippen LogP contribution is 2.16. The van der Waals surface area contributed by atoms with Crippen LogP contribution in [-0.4, -0.2) is 8.42 Å². The predicted octanol–water partition coefficient (Wildman–Crippen LogP) is 2.68. The number of halogens is 2. The highest BCUT2D eigenvalue weighted by Gasteiger charge is 2.11. The minimum atomic E-state index is -3.50. The van der Waals surface area contributed by atoms with Crippen molar-refractivity contribution in [2.75, 3.05) is 5.73 Å². The summed E-state index contributed by atoms with van der Waals surface area (Å²) < 4.78 is 39.4. The van der Waals surface area contributed by atoms with Crippen molar-refractivity contribution in [3.05, 3.63) is 64.4 Å². The summed E-state index contributed by atoms with van der Waals surface area (Å²) in [5.41, 5.74) is 7.34. The maximum Gasteiger partial charge on any atom is 0.216 e. The smallest absolute Gasteiger partial charge is 0.216 e. The van der Waals surface area contributed by atoms with E-state index in [4.69, 9.17) is 17.3 Å². The van der Waals surface area contributed by atoms with Crippen LogP contribution >= 0.6 is 11.6 Å². The van der Waals surface area contributed by atoms with Gasteiger partial charge in [0, 0.05) is 12.2 Å². The summed E-state index contributed by atoms with van der Waals surface area (Å²) in [7, 11) is -3.50. The molecular formula is C14H14ClFN2O2S. The second-order valence-electron chi connectivity index (χ2n) is 4.57. The number of nitrogens with two attached hydrogens (primary N) is 1. The van der Waals surface area contributed by atoms with Crippen LogP contribution in [-0.2, 0) is 22.3 Å². The number of rotatable bonds is 5. The van der Waals surface area contributed by atoms with Crippen molar-refractivity contribution >= 4 is 27.3 Å². The Hall–Kier alpha value is -1.63. The number of nitrogen functional groups attached to an aromatic ring is 1. The van der Waals surface area contributed by atoms with Crippen molar-refractivity contribution in [1.29, 1.82) is 0 Å². The van der Waals surface area contributed by atoms with Gasteiger partial charge in [-0.3, -0.25) is 0 Å². The highest BCUT2D eigenvalue weighted by atomic mass is 35.5. The van der Waals surface area contributed by atoms with Gasteiger partial charge in [0.25, 0.3) is 0 Å². The SMILES string of the molecule is Nc1ccc(CS(=O)(=O)NCc2ccc(F)c(Cl)c2)cc1. The minimum Gasteiger partial charge on any atom is -0.399 e. The van der Waals surface area contributed by atoms with Crippen molar-refractivity contribution in [3.8, 4) is 0 Å². The number of sulfonamides is 1. The lowest BCUT2D eigenvalue weighted by Gasteiger charge is -2.08. The van der Waals surface area contributed by atoms with E-state index in [1.807, 2.05) is 0 Å². The molecule has 112 valence electrons. The Balaban J connectivity index is 2.00. The molecule has 0 saturated heterocycles. The molecule has 0 saturated carbocycles. The third kappa shape index (κ3) is 4.70. The molecule has 2 rings (SSSR count). The van der Waals surface area contributed by atoms with Gasteiger partial charge < -0.3 is 5.73 Å². The van der Waals surface area contributed by atoms with Gasteiger partial charge in [-0.05, 0) is 35.4 Å². The molecule has 0 aromatic heterocycles. The van der Waals surface area contributed by atoms with Crippen LogP contribution in [0, 0.1) is 5.82 Å². The van der Waals surface area contributed by atoms with Crippen molar-refractivity contribution in [2.24, 2.45) is 0 Å². The summed E-state index contributed by atoms with van der Waals surface area (Å²) in [6.07, 6.45) is 0. The first-order valence-corrected chi connectivity index (χ1v) is 8.14. The van der Waals surface area contributed by atoms with Crippen LogP contribution in [0.4, 0.5) is 10.1 Å². The maximum atomic E-state index is 13.0. The van der Waals surface area contributed by atoms with E-state index in [0.29, 0.717) is 16.8 Å². The zero-order valence-corrected chi connectivity index (χ0v) is 12.6. The summed E-state index contributed by atoms with van der Waals surface area (Å²) >= 11 is 5.64. The monoisotopic (exact) mass is 328 g/mol. The Morgan fingerprint density at radius 3 is 2.33 bits per heavy atom. The first-order valence-electron chi connectivity index (χ1n) is 6.11. The Morgan fingerprint density at radius 2 is 1.71 bits per heavy atom. The molecule has 0 radical (unpaired) electrons. The molecule has 0 fully saturated rings. The summed E-state index contributed by atoms with van der Waals surface area (Å²) in [5, 5.41) is -0.0368. The number of hydrogen-bond donors (Lipinski definition) is 2. The fraction of sp³-hybridized carbons (Fsp3) is 0.143. The molecule has 0 aliphatic heterocycles. The third-order valence-electron chi connectivity index (χ3n) is 2.82. The van der Waals surface area contributed by atoms with Crippen LogP contribution in [0.3, 0.4) is 0 Å². The van der Waals surface area contributed by atoms with Crippen molar-refractivity contribution < 1.29 is 12.8 Å². The third-order valence-corrected chi connectivity index (χ3v) is 4.40. The van der Waals surface area contributed by atoms with E-state index in [-0.39, 0.29) is 17.3 Å². The Kier molecular flexibility index (Phi) is 4.82. The van der Waals surface area contributed by atoms with Gasteiger partial charge in [0.05, 0.1) is 10.8 Å². The molecule has 0 aliphatic carbocycles. The van der Waals surface area contributed by atoms with Gasteiger partial charge in [0.15, 0.2) is 0 Å². The van der Waals surface area contributed by atoms with Gasteiger partial charge in [-0.25, -0.2) is 17.5 Å². The van der Waals surface area contributed by atoms with Crippen LogP contribution in [0.5, 0.6) is 0 Å². The molecular weight excluding hydrogens is 315 g/mol. The topological polar surface area (TPSA) is 72.2 Å². The molecule has 0 heterocycles. The molecule has 0 spiro atoms. The largest absolute Gasteiger partial charge is 0.399 e. The van der Waals surface area contributed by atoms with Gasteiger partial charge in [-0.1, -0.05) is 29.8 Å². The minimum absolute atomic E-state index is 0.0368. The van der Waals surface area contributed by atoms with Crippen molar-refractivity contribution in [2.45, 2.75) is 12.3 Å². The van der Waals surface area contributed by atoms with E-state index in [1.165, 1.54) is 18.2 Å². The zero-order valence-electron chi connectivity index (χ0n) is 11.0. The molecule has 2 aromatic rings. The maximum absolute atomic E-state index is 13.0. The number of hydrogen-bond acceptors (Lipinski definition) is 3. The van der Waals surface area contributed by atoms with Crippen LogP contribution in [0.25, 0.3) is 0 Å². The molecule has 0 amide bonds. The highest BCUT2D eigenvalue weighted by molar-refractivity contribution is 7.88. The molecule has 21 heavy (non-hydrogen) atoms. The Bertz CT molecular complexity index is 733. The quantitative estimate of drug-likeness (QED) is 0.829. The van der Waals surface area contributed by atoms with Crippen LogP contribution in [0.2, 0.25) is 5.02 Å². The summed E-state index contributed by atoms with van der Waals surface area (Å²) in [6.45, 7) is 0.0529. The lowest BCUT2D eigenvalue weighted by Crippen LogP contribution is -2.24. The average molecular weight is 329 g/mol. The molecule has 7 heteroatoms. The summed E-state index contributed by atoms with van der Waals surface area (Å²) in [6, 6.07) is 10.7. The lowest BCUT2D eigenvalue weighted by molar-refractivity contribution is 0.580. The Labute approximate surface area is 127 Å². The van der Waals surface area contributed by atoms with Gasteiger partial charge in [-0.15, -0.1) is 0 Å². The summed E-state index contributed by atoms with van der Waals surface area (Å²) in [4.78, 5) is 0. The van der Waals surface area contributed by atoms with Gasteiger partial charge in [0.1, 0.15) is 5.82 Å². The Morgan fingerprint density at radius 1 is 1.10 bits per heavy atom. The second kappa shape index (κ2) is 6.43. The normalized spacial score (nSPS) is 11.5. The van der Waals surface area contributed by atoms with Gasteiger partial charge in [0.2, 0.25) is 10.0 Å². The standard InChI is InChI=1S/C14H14ClFN2O2S/c15-13-7-11(3-6-14(13)16)8-18-21(19,20)9-10-1-4-12(17)5-2-10/h1-7,18H,8-9,17H2. The molecule has 0 unspecified atom stereocenters. The fourth-order valence-corrected chi connectivity index (χ4v) is 3.05. The average Bonchev–Trinajstić information content (AvgIpc) is 2.43. The molecule has 0 bridgehead atoms. The molecule has 0 aliphatic rings. The first-order chi connectivity index (χ1) is 9.85. The molecule has 3 N–H and O–H groups in total. The molecule has 2 aromatic carbocycles.